The van der Waals surface area contributed by atoms with E-state index < -0.39 is 11.6 Å². The van der Waals surface area contributed by atoms with Crippen molar-refractivity contribution in [3.63, 3.8) is 0 Å². The van der Waals surface area contributed by atoms with Crippen LogP contribution in [0.2, 0.25) is 0 Å². The number of nitrogens with one attached hydrogen (secondary N) is 1. The number of halogens is 2. The molecule has 0 bridgehead atoms. The molecule has 0 fully saturated rings. The molecule has 1 N–H and O–H groups in total. The summed E-state index contributed by atoms with van der Waals surface area (Å²) in [5, 5.41) is 3.18. The first-order valence-electron chi connectivity index (χ1n) is 5.96. The van der Waals surface area contributed by atoms with Crippen molar-refractivity contribution in [3.05, 3.63) is 59.7 Å². The fourth-order valence-corrected chi connectivity index (χ4v) is 1.88. The Hall–Kier alpha value is -1.74. The van der Waals surface area contributed by atoms with Crippen LogP contribution in [0.25, 0.3) is 11.1 Å². The maximum Gasteiger partial charge on any atom is 0.133 e. The Balaban J connectivity index is 2.38. The minimum Gasteiger partial charge on any atom is -0.313 e. The molecule has 0 amide bonds. The van der Waals surface area contributed by atoms with Crippen LogP contribution < -0.4 is 5.32 Å². The van der Waals surface area contributed by atoms with Crippen LogP contribution in [0.5, 0.6) is 0 Å². The molecule has 0 spiro atoms. The molecule has 0 aliphatic rings. The highest BCUT2D eigenvalue weighted by Gasteiger charge is 2.10. The molecule has 3 heteroatoms. The summed E-state index contributed by atoms with van der Waals surface area (Å²) in [4.78, 5) is 0. The van der Waals surface area contributed by atoms with Crippen molar-refractivity contribution in [1.29, 1.82) is 0 Å². The normalized spacial score (nSPS) is 10.6. The lowest BCUT2D eigenvalue weighted by Crippen LogP contribution is -2.11. The van der Waals surface area contributed by atoms with Crippen LogP contribution in [0.4, 0.5) is 8.78 Å². The van der Waals surface area contributed by atoms with Crippen LogP contribution in [-0.2, 0) is 6.54 Å². The van der Waals surface area contributed by atoms with Crippen LogP contribution in [0, 0.1) is 11.6 Å². The van der Waals surface area contributed by atoms with E-state index in [0.717, 1.165) is 12.1 Å². The Morgan fingerprint density at radius 3 is 2.33 bits per heavy atom. The van der Waals surface area contributed by atoms with Gasteiger partial charge in [-0.25, -0.2) is 8.78 Å². The number of hydrogen-bond acceptors (Lipinski definition) is 1. The van der Waals surface area contributed by atoms with Gasteiger partial charge in [-0.05, 0) is 35.9 Å². The second-order valence-corrected chi connectivity index (χ2v) is 4.08. The number of rotatable bonds is 4. The van der Waals surface area contributed by atoms with Gasteiger partial charge in [0.25, 0.3) is 0 Å². The summed E-state index contributed by atoms with van der Waals surface area (Å²) in [6.07, 6.45) is 0. The molecule has 0 saturated heterocycles. The minimum absolute atomic E-state index is 0.0378. The number of benzene rings is 2. The highest BCUT2D eigenvalue weighted by atomic mass is 19.1. The fraction of sp³-hybridized carbons (Fsp3) is 0.200. The quantitative estimate of drug-likeness (QED) is 0.867. The van der Waals surface area contributed by atoms with E-state index in [1.807, 2.05) is 25.1 Å². The predicted molar refractivity (Wildman–Crippen MR) is 69.2 cm³/mol. The van der Waals surface area contributed by atoms with Crippen molar-refractivity contribution >= 4 is 0 Å². The number of hydrogen-bond donors (Lipinski definition) is 1. The molecule has 0 radical (unpaired) electrons. The van der Waals surface area contributed by atoms with Crippen LogP contribution in [0.1, 0.15) is 12.5 Å². The third-order valence-corrected chi connectivity index (χ3v) is 2.76. The molecule has 0 atom stereocenters. The van der Waals surface area contributed by atoms with Gasteiger partial charge in [0.2, 0.25) is 0 Å². The van der Waals surface area contributed by atoms with Gasteiger partial charge < -0.3 is 5.32 Å². The first-order valence-corrected chi connectivity index (χ1v) is 5.96. The lowest BCUT2D eigenvalue weighted by Gasteiger charge is -2.08. The molecule has 0 unspecified atom stereocenters. The van der Waals surface area contributed by atoms with Gasteiger partial charge in [0.15, 0.2) is 0 Å². The van der Waals surface area contributed by atoms with Gasteiger partial charge in [-0.2, -0.15) is 0 Å². The van der Waals surface area contributed by atoms with E-state index in [1.165, 1.54) is 18.2 Å². The van der Waals surface area contributed by atoms with Crippen molar-refractivity contribution in [2.24, 2.45) is 0 Å². The Morgan fingerprint density at radius 2 is 1.67 bits per heavy atom. The van der Waals surface area contributed by atoms with Gasteiger partial charge in [0, 0.05) is 6.54 Å². The van der Waals surface area contributed by atoms with Crippen LogP contribution in [0.3, 0.4) is 0 Å². The van der Waals surface area contributed by atoms with E-state index in [1.54, 1.807) is 6.07 Å². The van der Waals surface area contributed by atoms with Gasteiger partial charge in [0.05, 0.1) is 5.56 Å². The topological polar surface area (TPSA) is 12.0 Å². The van der Waals surface area contributed by atoms with Gasteiger partial charge in [-0.15, -0.1) is 0 Å². The molecular formula is C15H15F2N. The molecule has 2 aromatic carbocycles. The summed E-state index contributed by atoms with van der Waals surface area (Å²) in [7, 11) is 0. The molecule has 0 saturated carbocycles. The minimum atomic E-state index is -0.532. The van der Waals surface area contributed by atoms with E-state index in [2.05, 4.69) is 5.32 Å². The largest absolute Gasteiger partial charge is 0.313 e. The lowest BCUT2D eigenvalue weighted by molar-refractivity contribution is 0.589. The molecule has 2 rings (SSSR count). The highest BCUT2D eigenvalue weighted by molar-refractivity contribution is 5.65. The van der Waals surface area contributed by atoms with Crippen LogP contribution >= 0.6 is 0 Å². The van der Waals surface area contributed by atoms with Crippen molar-refractivity contribution in [2.45, 2.75) is 13.5 Å². The Labute approximate surface area is 105 Å². The lowest BCUT2D eigenvalue weighted by atomic mass is 10.0. The summed E-state index contributed by atoms with van der Waals surface area (Å²) in [5.74, 6) is -1.06. The maximum absolute atomic E-state index is 13.7. The molecule has 18 heavy (non-hydrogen) atoms. The standard InChI is InChI=1S/C15H15F2N/c1-2-18-10-11-5-3-6-12(9-11)15-13(16)7-4-8-14(15)17/h3-9,18H,2,10H2,1H3. The van der Waals surface area contributed by atoms with Gasteiger partial charge in [-0.1, -0.05) is 31.2 Å². The summed E-state index contributed by atoms with van der Waals surface area (Å²) in [6.45, 7) is 3.57. The Bertz CT molecular complexity index is 518. The third-order valence-electron chi connectivity index (χ3n) is 2.76. The molecule has 1 nitrogen and oxygen atoms in total. The van der Waals surface area contributed by atoms with Gasteiger partial charge in [-0.3, -0.25) is 0 Å². The van der Waals surface area contributed by atoms with Crippen molar-refractivity contribution < 1.29 is 8.78 Å². The zero-order chi connectivity index (χ0) is 13.0. The van der Waals surface area contributed by atoms with E-state index in [9.17, 15) is 8.78 Å². The summed E-state index contributed by atoms with van der Waals surface area (Å²) in [6, 6.07) is 11.2. The maximum atomic E-state index is 13.7. The van der Waals surface area contributed by atoms with E-state index in [-0.39, 0.29) is 5.56 Å². The average molecular weight is 247 g/mol. The second kappa shape index (κ2) is 5.74. The summed E-state index contributed by atoms with van der Waals surface area (Å²) < 4.78 is 27.3. The fourth-order valence-electron chi connectivity index (χ4n) is 1.88. The molecule has 0 aliphatic carbocycles. The SMILES string of the molecule is CCNCc1cccc(-c2c(F)cccc2F)c1. The molecule has 0 aliphatic heterocycles. The Morgan fingerprint density at radius 1 is 1.00 bits per heavy atom. The highest BCUT2D eigenvalue weighted by Crippen LogP contribution is 2.26. The second-order valence-electron chi connectivity index (χ2n) is 4.08. The van der Waals surface area contributed by atoms with Crippen LogP contribution in [-0.4, -0.2) is 6.54 Å². The third kappa shape index (κ3) is 2.74. The van der Waals surface area contributed by atoms with Gasteiger partial charge in [0.1, 0.15) is 11.6 Å². The monoisotopic (exact) mass is 247 g/mol. The zero-order valence-electron chi connectivity index (χ0n) is 10.2. The first kappa shape index (κ1) is 12.7. The van der Waals surface area contributed by atoms with Crippen LogP contribution in [0.15, 0.2) is 42.5 Å². The molecule has 0 aromatic heterocycles. The molecular weight excluding hydrogens is 232 g/mol. The van der Waals surface area contributed by atoms with E-state index in [4.69, 9.17) is 0 Å². The summed E-state index contributed by atoms with van der Waals surface area (Å²) >= 11 is 0. The van der Waals surface area contributed by atoms with Crippen molar-refractivity contribution in [3.8, 4) is 11.1 Å². The first-order chi connectivity index (χ1) is 8.72. The zero-order valence-corrected chi connectivity index (χ0v) is 10.2. The van der Waals surface area contributed by atoms with E-state index >= 15 is 0 Å². The van der Waals surface area contributed by atoms with Crippen molar-refractivity contribution in [2.75, 3.05) is 6.54 Å². The average Bonchev–Trinajstić information content (AvgIpc) is 2.37. The predicted octanol–water partition coefficient (Wildman–Crippen LogP) is 3.74. The Kier molecular flexibility index (Phi) is 4.05. The van der Waals surface area contributed by atoms with E-state index in [0.29, 0.717) is 12.1 Å². The van der Waals surface area contributed by atoms with Crippen molar-refractivity contribution in [1.82, 2.24) is 5.32 Å². The molecule has 2 aromatic rings. The summed E-state index contributed by atoms with van der Waals surface area (Å²) in [5.41, 5.74) is 1.62. The molecule has 94 valence electrons. The smallest absolute Gasteiger partial charge is 0.133 e. The van der Waals surface area contributed by atoms with Gasteiger partial charge >= 0.3 is 0 Å². The molecule has 0 heterocycles.